The molecule has 3 aromatic rings. The quantitative estimate of drug-likeness (QED) is 0.284. The lowest BCUT2D eigenvalue weighted by molar-refractivity contribution is -0.137. The molecule has 0 spiro atoms. The van der Waals surface area contributed by atoms with E-state index < -0.39 is 11.7 Å². The molecule has 186 valence electrons. The number of ether oxygens (including phenoxy) is 2. The van der Waals surface area contributed by atoms with Gasteiger partial charge in [0.1, 0.15) is 19.0 Å². The molecular formula is C29H27F3N2O2. The minimum Gasteiger partial charge on any atom is -0.487 e. The lowest BCUT2D eigenvalue weighted by Gasteiger charge is -2.13. The summed E-state index contributed by atoms with van der Waals surface area (Å²) in [6.07, 6.45) is 8.79. The highest BCUT2D eigenvalue weighted by atomic mass is 19.4. The van der Waals surface area contributed by atoms with Crippen LogP contribution in [0.15, 0.2) is 95.9 Å². The molecule has 0 radical (unpaired) electrons. The van der Waals surface area contributed by atoms with Crippen molar-refractivity contribution < 1.29 is 22.6 Å². The molecule has 4 nitrogen and oxygen atoms in total. The van der Waals surface area contributed by atoms with Crippen molar-refractivity contribution in [3.8, 4) is 5.75 Å². The van der Waals surface area contributed by atoms with E-state index in [-0.39, 0.29) is 0 Å². The van der Waals surface area contributed by atoms with Gasteiger partial charge < -0.3 is 9.47 Å². The Hall–Kier alpha value is -3.87. The summed E-state index contributed by atoms with van der Waals surface area (Å²) in [6.45, 7) is 0.651. The Labute approximate surface area is 208 Å². The zero-order chi connectivity index (χ0) is 25.2. The number of aliphatic imine (C=N–C) groups is 1. The highest BCUT2D eigenvalue weighted by Gasteiger charge is 2.29. The number of unbranched alkanes of at least 4 members (excludes halogenated alkanes) is 1. The Morgan fingerprint density at radius 1 is 0.889 bits per heavy atom. The fourth-order valence-corrected chi connectivity index (χ4v) is 3.68. The van der Waals surface area contributed by atoms with Crippen molar-refractivity contribution in [2.75, 3.05) is 13.2 Å². The average molecular weight is 493 g/mol. The number of rotatable bonds is 10. The number of benzene rings is 2. The van der Waals surface area contributed by atoms with Crippen LogP contribution in [0.5, 0.6) is 5.75 Å². The maximum absolute atomic E-state index is 12.7. The van der Waals surface area contributed by atoms with Crippen molar-refractivity contribution in [1.29, 1.82) is 0 Å². The monoisotopic (exact) mass is 492 g/mol. The summed E-state index contributed by atoms with van der Waals surface area (Å²) in [5.41, 5.74) is 3.21. The van der Waals surface area contributed by atoms with E-state index in [1.807, 2.05) is 30.5 Å². The molecule has 0 atom stereocenters. The highest BCUT2D eigenvalue weighted by molar-refractivity contribution is 5.93. The second-order valence-corrected chi connectivity index (χ2v) is 8.41. The topological polar surface area (TPSA) is 43.7 Å². The Bertz CT molecular complexity index is 1200. The number of hydrogen-bond acceptors (Lipinski definition) is 4. The Balaban J connectivity index is 1.22. The van der Waals surface area contributed by atoms with Crippen molar-refractivity contribution in [2.45, 2.75) is 31.9 Å². The molecule has 4 rings (SSSR count). The molecule has 2 aromatic carbocycles. The average Bonchev–Trinajstić information content (AvgIpc) is 2.90. The van der Waals surface area contributed by atoms with Gasteiger partial charge in [0.15, 0.2) is 0 Å². The van der Waals surface area contributed by atoms with Crippen LogP contribution in [0.25, 0.3) is 6.08 Å². The molecule has 36 heavy (non-hydrogen) atoms. The summed E-state index contributed by atoms with van der Waals surface area (Å²) in [5, 5.41) is 0. The van der Waals surface area contributed by atoms with Gasteiger partial charge in [0.05, 0.1) is 11.3 Å². The number of aryl methyl sites for hydroxylation is 2. The summed E-state index contributed by atoms with van der Waals surface area (Å²) in [6, 6.07) is 17.1. The van der Waals surface area contributed by atoms with Crippen molar-refractivity contribution in [1.82, 2.24) is 4.98 Å². The Morgan fingerprint density at radius 3 is 2.33 bits per heavy atom. The molecule has 0 amide bonds. The predicted molar refractivity (Wildman–Crippen MR) is 135 cm³/mol. The van der Waals surface area contributed by atoms with E-state index in [4.69, 9.17) is 9.47 Å². The van der Waals surface area contributed by atoms with Gasteiger partial charge in [-0.1, -0.05) is 30.3 Å². The number of hydrogen-bond donors (Lipinski definition) is 0. The third-order valence-electron chi connectivity index (χ3n) is 5.67. The van der Waals surface area contributed by atoms with Gasteiger partial charge in [-0.3, -0.25) is 4.98 Å². The van der Waals surface area contributed by atoms with Crippen molar-refractivity contribution >= 4 is 12.0 Å². The van der Waals surface area contributed by atoms with Crippen molar-refractivity contribution in [3.05, 3.63) is 113 Å². The number of halogens is 3. The molecule has 0 unspecified atom stereocenters. The standard InChI is InChI=1S/C29H27F3N2O2/c30-29(31,32)25-12-7-23(8-13-25)11-16-28-34-26(17-19-35-28)21-36-27-14-9-22(10-15-27)4-1-2-5-24-6-3-18-33-20-24/h3,6-18,20H,1-2,4-5,19,21H2/b16-11+. The molecule has 0 N–H and O–H groups in total. The first kappa shape index (κ1) is 25.2. The molecule has 0 saturated heterocycles. The zero-order valence-corrected chi connectivity index (χ0v) is 19.7. The third kappa shape index (κ3) is 7.83. The van der Waals surface area contributed by atoms with Gasteiger partial charge in [0, 0.05) is 18.5 Å². The maximum Gasteiger partial charge on any atom is 0.416 e. The lowest BCUT2D eigenvalue weighted by Crippen LogP contribution is -2.11. The summed E-state index contributed by atoms with van der Waals surface area (Å²) >= 11 is 0. The van der Waals surface area contributed by atoms with E-state index >= 15 is 0 Å². The molecule has 0 aliphatic carbocycles. The smallest absolute Gasteiger partial charge is 0.416 e. The summed E-state index contributed by atoms with van der Waals surface area (Å²) in [7, 11) is 0. The van der Waals surface area contributed by atoms with Crippen LogP contribution in [0.4, 0.5) is 13.2 Å². The lowest BCUT2D eigenvalue weighted by atomic mass is 10.0. The molecule has 7 heteroatoms. The molecule has 0 fully saturated rings. The highest BCUT2D eigenvalue weighted by Crippen LogP contribution is 2.29. The summed E-state index contributed by atoms with van der Waals surface area (Å²) < 4.78 is 49.5. The van der Waals surface area contributed by atoms with E-state index in [0.717, 1.165) is 49.3 Å². The van der Waals surface area contributed by atoms with E-state index in [0.29, 0.717) is 24.7 Å². The minimum absolute atomic E-state index is 0.297. The van der Waals surface area contributed by atoms with Crippen LogP contribution in [0.3, 0.4) is 0 Å². The van der Waals surface area contributed by atoms with Gasteiger partial charge in [-0.15, -0.1) is 0 Å². The molecule has 2 heterocycles. The third-order valence-corrected chi connectivity index (χ3v) is 5.67. The number of pyridine rings is 1. The van der Waals surface area contributed by atoms with Gasteiger partial charge in [-0.2, -0.15) is 13.2 Å². The van der Waals surface area contributed by atoms with Crippen LogP contribution in [-0.4, -0.2) is 24.1 Å². The van der Waals surface area contributed by atoms with Gasteiger partial charge in [-0.05, 0) is 84.9 Å². The SMILES string of the molecule is FC(F)(F)c1ccc(/C=C/C2=NC(COc3ccc(CCCCc4cccnc4)cc3)=CCO2)cc1. The van der Waals surface area contributed by atoms with Crippen molar-refractivity contribution in [2.24, 2.45) is 4.99 Å². The number of aromatic nitrogens is 1. The van der Waals surface area contributed by atoms with Crippen LogP contribution >= 0.6 is 0 Å². The van der Waals surface area contributed by atoms with E-state index in [2.05, 4.69) is 28.2 Å². The number of alkyl halides is 3. The van der Waals surface area contributed by atoms with E-state index in [1.165, 1.54) is 23.3 Å². The van der Waals surface area contributed by atoms with E-state index in [1.54, 1.807) is 18.3 Å². The van der Waals surface area contributed by atoms with Crippen LogP contribution in [-0.2, 0) is 23.8 Å². The molecular weight excluding hydrogens is 465 g/mol. The second kappa shape index (κ2) is 12.2. The summed E-state index contributed by atoms with van der Waals surface area (Å²) in [4.78, 5) is 8.57. The van der Waals surface area contributed by atoms with Gasteiger partial charge in [0.2, 0.25) is 5.90 Å². The Kier molecular flexibility index (Phi) is 8.55. The van der Waals surface area contributed by atoms with Crippen LogP contribution in [0, 0.1) is 0 Å². The first-order valence-corrected chi connectivity index (χ1v) is 11.8. The van der Waals surface area contributed by atoms with Gasteiger partial charge in [-0.25, -0.2) is 4.99 Å². The Morgan fingerprint density at radius 2 is 1.64 bits per heavy atom. The first-order chi connectivity index (χ1) is 17.5. The van der Waals surface area contributed by atoms with Crippen LogP contribution < -0.4 is 4.74 Å². The zero-order valence-electron chi connectivity index (χ0n) is 19.7. The van der Waals surface area contributed by atoms with Crippen LogP contribution in [0.1, 0.15) is 35.1 Å². The molecule has 1 aliphatic heterocycles. The molecule has 0 saturated carbocycles. The second-order valence-electron chi connectivity index (χ2n) is 8.41. The van der Waals surface area contributed by atoms with E-state index in [9.17, 15) is 13.2 Å². The maximum atomic E-state index is 12.7. The van der Waals surface area contributed by atoms with Crippen LogP contribution in [0.2, 0.25) is 0 Å². The van der Waals surface area contributed by atoms with Gasteiger partial charge in [0.25, 0.3) is 0 Å². The molecule has 1 aliphatic rings. The van der Waals surface area contributed by atoms with Gasteiger partial charge >= 0.3 is 6.18 Å². The molecule has 0 bridgehead atoms. The first-order valence-electron chi connectivity index (χ1n) is 11.8. The fourth-order valence-electron chi connectivity index (χ4n) is 3.68. The number of nitrogens with zero attached hydrogens (tertiary/aromatic N) is 2. The predicted octanol–water partition coefficient (Wildman–Crippen LogP) is 7.07. The minimum atomic E-state index is -4.35. The van der Waals surface area contributed by atoms with Crippen molar-refractivity contribution in [3.63, 3.8) is 0 Å². The normalized spacial score (nSPS) is 13.8. The summed E-state index contributed by atoms with van der Waals surface area (Å²) in [5.74, 6) is 1.15. The fraction of sp³-hybridized carbons (Fsp3) is 0.241. The largest absolute Gasteiger partial charge is 0.487 e. The molecule has 1 aromatic heterocycles.